The van der Waals surface area contributed by atoms with Crippen molar-refractivity contribution in [1.82, 2.24) is 10.2 Å². The van der Waals surface area contributed by atoms with Crippen LogP contribution in [-0.2, 0) is 0 Å². The topological polar surface area (TPSA) is 37.8 Å². The molecular formula is C11H16ClN3. The third-order valence-corrected chi connectivity index (χ3v) is 3.51. The molecular weight excluding hydrogens is 210 g/mol. The van der Waals surface area contributed by atoms with Gasteiger partial charge in [0.2, 0.25) is 0 Å². The van der Waals surface area contributed by atoms with E-state index >= 15 is 0 Å². The van der Waals surface area contributed by atoms with Crippen molar-refractivity contribution in [3.05, 3.63) is 18.3 Å². The number of alkyl halides is 1. The minimum absolute atomic E-state index is 0.322. The fourth-order valence-electron chi connectivity index (χ4n) is 2.02. The van der Waals surface area contributed by atoms with Crippen molar-refractivity contribution >= 4 is 17.4 Å². The third-order valence-electron chi connectivity index (χ3n) is 2.93. The number of aromatic nitrogens is 2. The van der Waals surface area contributed by atoms with Gasteiger partial charge in [0.1, 0.15) is 5.82 Å². The first-order chi connectivity index (χ1) is 7.36. The van der Waals surface area contributed by atoms with Crippen molar-refractivity contribution in [2.45, 2.75) is 31.1 Å². The first kappa shape index (κ1) is 10.7. The minimum Gasteiger partial charge on any atom is -0.368 e. The standard InChI is InChI=1S/C11H16ClN3/c12-10-5-2-1-4-9(10)8-13-11-6-3-7-14-15-11/h3,6-7,9-10H,1-2,4-5,8H2,(H,13,15). The van der Waals surface area contributed by atoms with Crippen molar-refractivity contribution in [2.24, 2.45) is 5.92 Å². The summed E-state index contributed by atoms with van der Waals surface area (Å²) in [7, 11) is 0. The van der Waals surface area contributed by atoms with Gasteiger partial charge in [-0.3, -0.25) is 0 Å². The molecule has 4 heteroatoms. The molecule has 2 rings (SSSR count). The van der Waals surface area contributed by atoms with Crippen molar-refractivity contribution in [3.8, 4) is 0 Å². The largest absolute Gasteiger partial charge is 0.368 e. The van der Waals surface area contributed by atoms with Crippen LogP contribution in [0.4, 0.5) is 5.82 Å². The van der Waals surface area contributed by atoms with Crippen LogP contribution in [0.5, 0.6) is 0 Å². The van der Waals surface area contributed by atoms with E-state index < -0.39 is 0 Å². The number of nitrogens with one attached hydrogen (secondary N) is 1. The molecule has 0 radical (unpaired) electrons. The average Bonchev–Trinajstić information content (AvgIpc) is 2.29. The number of halogens is 1. The number of hydrogen-bond donors (Lipinski definition) is 1. The molecule has 1 aliphatic rings. The Balaban J connectivity index is 1.82. The smallest absolute Gasteiger partial charge is 0.148 e. The highest BCUT2D eigenvalue weighted by molar-refractivity contribution is 6.20. The summed E-state index contributed by atoms with van der Waals surface area (Å²) in [5.74, 6) is 1.41. The van der Waals surface area contributed by atoms with Crippen LogP contribution in [0, 0.1) is 5.92 Å². The normalized spacial score (nSPS) is 26.2. The molecule has 1 heterocycles. The second-order valence-corrected chi connectivity index (χ2v) is 4.61. The summed E-state index contributed by atoms with van der Waals surface area (Å²) in [6.07, 6.45) is 6.62. The Kier molecular flexibility index (Phi) is 3.78. The van der Waals surface area contributed by atoms with Gasteiger partial charge < -0.3 is 5.32 Å². The predicted molar refractivity (Wildman–Crippen MR) is 62.1 cm³/mol. The molecule has 1 saturated carbocycles. The molecule has 0 spiro atoms. The third kappa shape index (κ3) is 3.06. The quantitative estimate of drug-likeness (QED) is 0.804. The monoisotopic (exact) mass is 225 g/mol. The lowest BCUT2D eigenvalue weighted by Crippen LogP contribution is -2.26. The highest BCUT2D eigenvalue weighted by Gasteiger charge is 2.22. The van der Waals surface area contributed by atoms with Crippen molar-refractivity contribution < 1.29 is 0 Å². The van der Waals surface area contributed by atoms with E-state index in [9.17, 15) is 0 Å². The zero-order chi connectivity index (χ0) is 10.5. The van der Waals surface area contributed by atoms with Gasteiger partial charge in [0.25, 0.3) is 0 Å². The highest BCUT2D eigenvalue weighted by atomic mass is 35.5. The molecule has 0 aliphatic heterocycles. The Morgan fingerprint density at radius 3 is 3.00 bits per heavy atom. The maximum atomic E-state index is 6.27. The molecule has 0 bridgehead atoms. The SMILES string of the molecule is ClC1CCCCC1CNc1cccnn1. The summed E-state index contributed by atoms with van der Waals surface area (Å²) in [5, 5.41) is 11.4. The molecule has 0 amide bonds. The van der Waals surface area contributed by atoms with E-state index in [4.69, 9.17) is 11.6 Å². The molecule has 1 fully saturated rings. The van der Waals surface area contributed by atoms with Gasteiger partial charge in [-0.2, -0.15) is 5.10 Å². The fraction of sp³-hybridized carbons (Fsp3) is 0.636. The summed E-state index contributed by atoms with van der Waals surface area (Å²) in [6, 6.07) is 3.81. The van der Waals surface area contributed by atoms with E-state index in [1.807, 2.05) is 12.1 Å². The Hall–Kier alpha value is -0.830. The fourth-order valence-corrected chi connectivity index (χ4v) is 2.39. The lowest BCUT2D eigenvalue weighted by molar-refractivity contribution is 0.380. The summed E-state index contributed by atoms with van der Waals surface area (Å²) >= 11 is 6.27. The van der Waals surface area contributed by atoms with Crippen LogP contribution in [0.3, 0.4) is 0 Å². The van der Waals surface area contributed by atoms with E-state index in [0.29, 0.717) is 11.3 Å². The van der Waals surface area contributed by atoms with E-state index in [1.54, 1.807) is 6.20 Å². The Morgan fingerprint density at radius 2 is 2.27 bits per heavy atom. The molecule has 1 N–H and O–H groups in total. The van der Waals surface area contributed by atoms with Gasteiger partial charge in [0, 0.05) is 18.1 Å². The zero-order valence-electron chi connectivity index (χ0n) is 8.69. The Labute approximate surface area is 95.2 Å². The Bertz CT molecular complexity index is 291. The van der Waals surface area contributed by atoms with Crippen LogP contribution in [-0.4, -0.2) is 22.1 Å². The van der Waals surface area contributed by atoms with Gasteiger partial charge in [-0.1, -0.05) is 12.8 Å². The predicted octanol–water partition coefficient (Wildman–Crippen LogP) is 2.69. The molecule has 15 heavy (non-hydrogen) atoms. The molecule has 2 atom stereocenters. The second kappa shape index (κ2) is 5.31. The van der Waals surface area contributed by atoms with Gasteiger partial charge in [-0.25, -0.2) is 0 Å². The van der Waals surface area contributed by atoms with Gasteiger partial charge in [-0.15, -0.1) is 16.7 Å². The molecule has 82 valence electrons. The average molecular weight is 226 g/mol. The van der Waals surface area contributed by atoms with Gasteiger partial charge in [0.05, 0.1) is 0 Å². The van der Waals surface area contributed by atoms with Crippen LogP contribution in [0.15, 0.2) is 18.3 Å². The van der Waals surface area contributed by atoms with Crippen LogP contribution >= 0.6 is 11.6 Å². The summed E-state index contributed by atoms with van der Waals surface area (Å²) < 4.78 is 0. The number of hydrogen-bond acceptors (Lipinski definition) is 3. The van der Waals surface area contributed by atoms with Crippen molar-refractivity contribution in [2.75, 3.05) is 11.9 Å². The van der Waals surface area contributed by atoms with Crippen LogP contribution < -0.4 is 5.32 Å². The lowest BCUT2D eigenvalue weighted by Gasteiger charge is -2.27. The van der Waals surface area contributed by atoms with Crippen molar-refractivity contribution in [1.29, 1.82) is 0 Å². The second-order valence-electron chi connectivity index (χ2n) is 4.05. The first-order valence-electron chi connectivity index (χ1n) is 5.52. The summed E-state index contributed by atoms with van der Waals surface area (Å²) in [4.78, 5) is 0. The summed E-state index contributed by atoms with van der Waals surface area (Å²) in [6.45, 7) is 0.910. The molecule has 3 nitrogen and oxygen atoms in total. The molecule has 0 saturated heterocycles. The van der Waals surface area contributed by atoms with E-state index in [-0.39, 0.29) is 0 Å². The molecule has 2 unspecified atom stereocenters. The lowest BCUT2D eigenvalue weighted by atomic mass is 9.89. The van der Waals surface area contributed by atoms with Gasteiger partial charge in [0.15, 0.2) is 0 Å². The Morgan fingerprint density at radius 1 is 1.40 bits per heavy atom. The van der Waals surface area contributed by atoms with E-state index in [1.165, 1.54) is 19.3 Å². The van der Waals surface area contributed by atoms with Crippen molar-refractivity contribution in [3.63, 3.8) is 0 Å². The highest BCUT2D eigenvalue weighted by Crippen LogP contribution is 2.28. The molecule has 0 aromatic carbocycles. The van der Waals surface area contributed by atoms with Crippen LogP contribution in [0.25, 0.3) is 0 Å². The zero-order valence-corrected chi connectivity index (χ0v) is 9.45. The van der Waals surface area contributed by atoms with E-state index in [0.717, 1.165) is 18.8 Å². The van der Waals surface area contributed by atoms with Crippen LogP contribution in [0.1, 0.15) is 25.7 Å². The van der Waals surface area contributed by atoms with Crippen LogP contribution in [0.2, 0.25) is 0 Å². The first-order valence-corrected chi connectivity index (χ1v) is 5.95. The van der Waals surface area contributed by atoms with Gasteiger partial charge >= 0.3 is 0 Å². The molecule has 1 aromatic heterocycles. The number of anilines is 1. The maximum Gasteiger partial charge on any atom is 0.148 e. The number of nitrogens with zero attached hydrogens (tertiary/aromatic N) is 2. The molecule has 1 aliphatic carbocycles. The maximum absolute atomic E-state index is 6.27. The van der Waals surface area contributed by atoms with E-state index in [2.05, 4.69) is 15.5 Å². The molecule has 1 aromatic rings. The summed E-state index contributed by atoms with van der Waals surface area (Å²) in [5.41, 5.74) is 0. The minimum atomic E-state index is 0.322. The van der Waals surface area contributed by atoms with Gasteiger partial charge in [-0.05, 0) is 30.9 Å². The number of rotatable bonds is 3.